The second-order valence-electron chi connectivity index (χ2n) is 19.0. The van der Waals surface area contributed by atoms with Crippen molar-refractivity contribution >= 4 is 68.2 Å². The summed E-state index contributed by atoms with van der Waals surface area (Å²) in [4.78, 5) is 51.9. The van der Waals surface area contributed by atoms with Crippen LogP contribution >= 0.6 is 0 Å². The molecular formula is C54H70N4O10-2. The van der Waals surface area contributed by atoms with Crippen molar-refractivity contribution in [1.82, 2.24) is 0 Å². The van der Waals surface area contributed by atoms with Crippen LogP contribution in [0.3, 0.4) is 0 Å². The van der Waals surface area contributed by atoms with E-state index < -0.39 is 35.4 Å². The molecule has 1 aliphatic carbocycles. The van der Waals surface area contributed by atoms with Crippen LogP contribution in [0.4, 0.5) is 22.7 Å². The molecule has 4 aromatic rings. The first-order chi connectivity index (χ1) is 32.9. The molecule has 2 unspecified atom stereocenters. The van der Waals surface area contributed by atoms with Gasteiger partial charge in [0.25, 0.3) is 0 Å². The molecule has 7 rings (SSSR count). The van der Waals surface area contributed by atoms with Crippen molar-refractivity contribution in [1.29, 1.82) is 0 Å². The van der Waals surface area contributed by atoms with E-state index in [9.17, 15) is 29.4 Å². The molecule has 14 nitrogen and oxygen atoms in total. The summed E-state index contributed by atoms with van der Waals surface area (Å²) in [5, 5.41) is 46.9. The lowest BCUT2D eigenvalue weighted by atomic mass is 9.62. The van der Waals surface area contributed by atoms with E-state index in [-0.39, 0.29) is 76.0 Å². The highest BCUT2D eigenvalue weighted by Crippen LogP contribution is 2.52. The van der Waals surface area contributed by atoms with Gasteiger partial charge in [-0.15, -0.1) is 12.2 Å². The number of unbranched alkanes of at least 4 members (excludes halogenated alkanes) is 8. The number of anilines is 4. The van der Waals surface area contributed by atoms with Crippen LogP contribution in [0, 0.1) is 0 Å². The van der Waals surface area contributed by atoms with Crippen LogP contribution in [-0.4, -0.2) is 73.8 Å². The zero-order valence-electron chi connectivity index (χ0n) is 40.3. The molecule has 2 heterocycles. The summed E-state index contributed by atoms with van der Waals surface area (Å²) in [6.07, 6.45) is 8.55. The first-order valence-corrected chi connectivity index (χ1v) is 25.1. The van der Waals surface area contributed by atoms with Crippen LogP contribution in [0.25, 0.3) is 21.5 Å². The molecule has 4 N–H and O–H groups in total. The second kappa shape index (κ2) is 23.1. The number of benzene rings is 4. The average molecular weight is 935 g/mol. The normalized spacial score (nSPS) is 19.4. The molecule has 0 radical (unpaired) electrons. The summed E-state index contributed by atoms with van der Waals surface area (Å²) < 4.78 is 23.4. The van der Waals surface area contributed by atoms with Crippen molar-refractivity contribution in [2.45, 2.75) is 166 Å². The van der Waals surface area contributed by atoms with Crippen LogP contribution in [-0.2, 0) is 38.1 Å². The predicted octanol–water partition coefficient (Wildman–Crippen LogP) is 8.89. The molecule has 1 saturated carbocycles. The summed E-state index contributed by atoms with van der Waals surface area (Å²) >= 11 is 0. The summed E-state index contributed by atoms with van der Waals surface area (Å²) in [5.41, 5.74) is 1.19. The molecule has 68 heavy (non-hydrogen) atoms. The third kappa shape index (κ3) is 11.6. The van der Waals surface area contributed by atoms with E-state index >= 15 is 0 Å². The number of nitrogens with one attached hydrogen (secondary N) is 4. The van der Waals surface area contributed by atoms with E-state index in [1.165, 1.54) is 0 Å². The zero-order valence-corrected chi connectivity index (χ0v) is 40.3. The Morgan fingerprint density at radius 3 is 1.38 bits per heavy atom. The standard InChI is InChI=1S/C54H70N4O10/c1-5-9-13-23-42(59)65-31-53(32-66-43(60)24-14-10-6-2)55-39-21-18-20-36-29-37(30-41(57-53)46(36)39)48-51(63)49(52(48)64)38-28-27-35-19-17-22-40-47(35)50(38)58-54(56-40,33-67-44(61)25-15-11-7-3)34-68-45(62)26-16-12-8-4/h17-22,27-30,48-49,51-52,55-58H,5-16,23-26,31-34H2,1-4H3/q-2. The molecule has 0 aromatic heterocycles. The summed E-state index contributed by atoms with van der Waals surface area (Å²) in [6.45, 7) is 7.60. The Hall–Kier alpha value is -5.60. The molecule has 0 bridgehead atoms. The Labute approximate surface area is 400 Å². The maximum atomic E-state index is 14.8. The highest BCUT2D eigenvalue weighted by Gasteiger charge is 2.45. The maximum Gasteiger partial charge on any atom is 0.305 e. The minimum atomic E-state index is -1.34. The van der Waals surface area contributed by atoms with Gasteiger partial charge < -0.3 is 50.4 Å². The van der Waals surface area contributed by atoms with E-state index in [0.29, 0.717) is 53.9 Å². The lowest BCUT2D eigenvalue weighted by molar-refractivity contribution is -0.536. The van der Waals surface area contributed by atoms with Crippen molar-refractivity contribution in [2.75, 3.05) is 47.7 Å². The van der Waals surface area contributed by atoms with Gasteiger partial charge in [-0.2, -0.15) is 0 Å². The van der Waals surface area contributed by atoms with Crippen LogP contribution in [0.5, 0.6) is 0 Å². The van der Waals surface area contributed by atoms with Gasteiger partial charge in [0.2, 0.25) is 0 Å². The first-order valence-electron chi connectivity index (χ1n) is 25.1. The van der Waals surface area contributed by atoms with Gasteiger partial charge in [0.15, 0.2) is 11.3 Å². The molecule has 14 heteroatoms. The first kappa shape index (κ1) is 50.3. The minimum Gasteiger partial charge on any atom is -0.851 e. The molecule has 0 spiro atoms. The van der Waals surface area contributed by atoms with Crippen molar-refractivity contribution in [3.8, 4) is 0 Å². The Bertz CT molecular complexity index is 2340. The molecule has 368 valence electrons. The van der Waals surface area contributed by atoms with Crippen molar-refractivity contribution < 1.29 is 48.3 Å². The molecule has 4 aromatic carbocycles. The second-order valence-corrected chi connectivity index (χ2v) is 19.0. The molecule has 2 atom stereocenters. The summed E-state index contributed by atoms with van der Waals surface area (Å²) in [7, 11) is 0. The number of hydrogen-bond donors (Lipinski definition) is 4. The lowest BCUT2D eigenvalue weighted by Gasteiger charge is -2.62. The van der Waals surface area contributed by atoms with Gasteiger partial charge in [-0.25, -0.2) is 0 Å². The molecule has 0 amide bonds. The van der Waals surface area contributed by atoms with Crippen molar-refractivity contribution in [3.63, 3.8) is 0 Å². The van der Waals surface area contributed by atoms with E-state index in [4.69, 9.17) is 18.9 Å². The average Bonchev–Trinajstić information content (AvgIpc) is 3.33. The van der Waals surface area contributed by atoms with Crippen molar-refractivity contribution in [3.05, 3.63) is 71.8 Å². The Morgan fingerprint density at radius 1 is 0.485 bits per heavy atom. The predicted molar refractivity (Wildman–Crippen MR) is 261 cm³/mol. The van der Waals surface area contributed by atoms with Crippen LogP contribution in [0.15, 0.2) is 60.7 Å². The number of carbonyl (C=O) groups is 4. The van der Waals surface area contributed by atoms with E-state index in [1.807, 2.05) is 60.7 Å². The van der Waals surface area contributed by atoms with Crippen molar-refractivity contribution in [2.24, 2.45) is 0 Å². The molecular weight excluding hydrogens is 865 g/mol. The molecule has 1 fully saturated rings. The highest BCUT2D eigenvalue weighted by atomic mass is 16.6. The zero-order chi connectivity index (χ0) is 48.3. The maximum absolute atomic E-state index is 14.8. The fourth-order valence-electron chi connectivity index (χ4n) is 9.79. The van der Waals surface area contributed by atoms with E-state index in [1.54, 1.807) is 0 Å². The third-order valence-corrected chi connectivity index (χ3v) is 13.6. The van der Waals surface area contributed by atoms with E-state index in [0.717, 1.165) is 78.6 Å². The van der Waals surface area contributed by atoms with Crippen LogP contribution in [0.2, 0.25) is 0 Å². The number of hydrogen-bond acceptors (Lipinski definition) is 14. The lowest BCUT2D eigenvalue weighted by Crippen LogP contribution is -2.64. The Morgan fingerprint density at radius 2 is 0.912 bits per heavy atom. The number of carbonyl (C=O) groups excluding carboxylic acids is 4. The Balaban J connectivity index is 1.17. The number of esters is 4. The summed E-state index contributed by atoms with van der Waals surface area (Å²) in [6, 6.07) is 18.9. The van der Waals surface area contributed by atoms with Gasteiger partial charge in [0.05, 0.1) is 0 Å². The monoisotopic (exact) mass is 935 g/mol. The fourth-order valence-corrected chi connectivity index (χ4v) is 9.79. The largest absolute Gasteiger partial charge is 0.851 e. The fraction of sp³-hybridized carbons (Fsp3) is 0.556. The van der Waals surface area contributed by atoms with Gasteiger partial charge in [-0.05, 0) is 77.6 Å². The van der Waals surface area contributed by atoms with Crippen LogP contribution in [0.1, 0.15) is 153 Å². The van der Waals surface area contributed by atoms with Gasteiger partial charge in [0.1, 0.15) is 26.4 Å². The van der Waals surface area contributed by atoms with Gasteiger partial charge in [-0.1, -0.05) is 122 Å². The Kier molecular flexibility index (Phi) is 17.1. The molecule has 2 aliphatic heterocycles. The van der Waals surface area contributed by atoms with Gasteiger partial charge >= 0.3 is 23.9 Å². The quantitative estimate of drug-likeness (QED) is 0.0264. The summed E-state index contributed by atoms with van der Waals surface area (Å²) in [5.74, 6) is -3.32. The van der Waals surface area contributed by atoms with Gasteiger partial charge in [-0.3, -0.25) is 19.2 Å². The van der Waals surface area contributed by atoms with Crippen LogP contribution < -0.4 is 31.5 Å². The SMILES string of the molecule is CCCCCC(=O)OCC1(COC(=O)CCCCC)Nc2cccc3cc(C4C([O-])C(c5ccc6cccc7c6c5NC(COC(=O)CCCCC)(COC(=O)CCCCC)N7)C4[O-])cc(c23)N1. The number of ether oxygens (including phenoxy) is 4. The minimum absolute atomic E-state index is 0.147. The van der Waals surface area contributed by atoms with Gasteiger partial charge in [0, 0.05) is 59.2 Å². The highest BCUT2D eigenvalue weighted by molar-refractivity contribution is 6.07. The topological polar surface area (TPSA) is 199 Å². The third-order valence-electron chi connectivity index (χ3n) is 13.6. The molecule has 0 saturated heterocycles. The number of rotatable bonds is 26. The molecule has 3 aliphatic rings. The van der Waals surface area contributed by atoms with E-state index in [2.05, 4.69) is 49.0 Å². The smallest absolute Gasteiger partial charge is 0.305 e.